The van der Waals surface area contributed by atoms with Crippen LogP contribution in [-0.4, -0.2) is 10.9 Å². The molecule has 104 valence electrons. The molecule has 2 atom stereocenters. The summed E-state index contributed by atoms with van der Waals surface area (Å²) < 4.78 is 6.19. The van der Waals surface area contributed by atoms with Crippen molar-refractivity contribution in [1.29, 1.82) is 0 Å². The first-order valence-corrected chi connectivity index (χ1v) is 8.50. The molecule has 2 unspecified atom stereocenters. The third-order valence-corrected chi connectivity index (χ3v) is 6.37. The van der Waals surface area contributed by atoms with Crippen LogP contribution in [0.15, 0.2) is 24.3 Å². The Balaban J connectivity index is 1.59. The molecule has 1 spiro atoms. The maximum atomic E-state index is 6.19. The van der Waals surface area contributed by atoms with Gasteiger partial charge in [0.2, 0.25) is 0 Å². The van der Waals surface area contributed by atoms with Crippen molar-refractivity contribution in [3.63, 3.8) is 0 Å². The third kappa shape index (κ3) is 2.72. The average Bonchev–Trinajstić information content (AvgIpc) is 2.46. The maximum Gasteiger partial charge on any atom is 0.0720 e. The van der Waals surface area contributed by atoms with Crippen LogP contribution in [0.5, 0.6) is 0 Å². The summed E-state index contributed by atoms with van der Waals surface area (Å²) in [6.07, 6.45) is 8.38. The van der Waals surface area contributed by atoms with Gasteiger partial charge in [-0.2, -0.15) is 0 Å². The predicted octanol–water partition coefficient (Wildman–Crippen LogP) is 5.34. The summed E-state index contributed by atoms with van der Waals surface area (Å²) in [6.45, 7) is 0.712. The normalized spacial score (nSPS) is 29.2. The molecule has 3 rings (SSSR count). The molecule has 0 amide bonds. The van der Waals surface area contributed by atoms with Crippen LogP contribution >= 0.6 is 27.5 Å². The summed E-state index contributed by atoms with van der Waals surface area (Å²) in [4.78, 5) is 0.663. The summed E-state index contributed by atoms with van der Waals surface area (Å²) in [5.41, 5.74) is 1.64. The molecule has 0 bridgehead atoms. The Labute approximate surface area is 128 Å². The van der Waals surface area contributed by atoms with Gasteiger partial charge in [0.25, 0.3) is 0 Å². The van der Waals surface area contributed by atoms with E-state index in [0.717, 1.165) is 11.4 Å². The zero-order valence-corrected chi connectivity index (χ0v) is 13.4. The highest BCUT2D eigenvalue weighted by Crippen LogP contribution is 2.56. The molecular formula is C16H20BrClO. The van der Waals surface area contributed by atoms with Gasteiger partial charge in [0.05, 0.1) is 12.7 Å². The number of hydrogen-bond donors (Lipinski definition) is 0. The van der Waals surface area contributed by atoms with E-state index in [1.54, 1.807) is 0 Å². The van der Waals surface area contributed by atoms with Crippen LogP contribution in [0, 0.1) is 5.41 Å². The first kappa shape index (κ1) is 13.9. The molecule has 0 radical (unpaired) electrons. The van der Waals surface area contributed by atoms with E-state index in [9.17, 15) is 0 Å². The van der Waals surface area contributed by atoms with Crippen LogP contribution in [0.2, 0.25) is 5.02 Å². The van der Waals surface area contributed by atoms with E-state index >= 15 is 0 Å². The standard InChI is InChI=1S/C16H20BrClO/c17-14-10-15(16(14)8-2-1-3-9-16)19-11-12-4-6-13(18)7-5-12/h4-7,14-15H,1-3,8-11H2. The fourth-order valence-electron chi connectivity index (χ4n) is 3.56. The van der Waals surface area contributed by atoms with E-state index in [1.165, 1.54) is 37.7 Å². The maximum absolute atomic E-state index is 6.19. The van der Waals surface area contributed by atoms with Crippen molar-refractivity contribution >= 4 is 27.5 Å². The SMILES string of the molecule is Clc1ccc(COC2CC(Br)C23CCCCC3)cc1. The molecule has 1 nitrogen and oxygen atoms in total. The molecule has 0 aromatic heterocycles. The van der Waals surface area contributed by atoms with Crippen LogP contribution in [0.1, 0.15) is 44.1 Å². The number of rotatable bonds is 3. The zero-order chi connectivity index (χ0) is 13.3. The molecule has 1 aromatic carbocycles. The zero-order valence-electron chi connectivity index (χ0n) is 11.1. The van der Waals surface area contributed by atoms with Gasteiger partial charge in [-0.25, -0.2) is 0 Å². The summed E-state index contributed by atoms with van der Waals surface area (Å²) in [5.74, 6) is 0. The highest BCUT2D eigenvalue weighted by atomic mass is 79.9. The minimum Gasteiger partial charge on any atom is -0.373 e. The van der Waals surface area contributed by atoms with Crippen molar-refractivity contribution in [2.45, 2.75) is 56.1 Å². The van der Waals surface area contributed by atoms with Gasteiger partial charge in [-0.05, 0) is 37.0 Å². The summed E-state index contributed by atoms with van der Waals surface area (Å²) in [6, 6.07) is 7.98. The van der Waals surface area contributed by atoms with Crippen LogP contribution in [0.4, 0.5) is 0 Å². The van der Waals surface area contributed by atoms with Crippen LogP contribution in [-0.2, 0) is 11.3 Å². The highest BCUT2D eigenvalue weighted by Gasteiger charge is 2.54. The van der Waals surface area contributed by atoms with Gasteiger partial charge in [-0.1, -0.05) is 58.9 Å². The van der Waals surface area contributed by atoms with E-state index < -0.39 is 0 Å². The Morgan fingerprint density at radius 1 is 1.16 bits per heavy atom. The summed E-state index contributed by atoms with van der Waals surface area (Å²) in [7, 11) is 0. The van der Waals surface area contributed by atoms with Gasteiger partial charge in [-0.15, -0.1) is 0 Å². The molecular weight excluding hydrogens is 324 g/mol. The van der Waals surface area contributed by atoms with E-state index in [2.05, 4.69) is 28.1 Å². The molecule has 2 aliphatic rings. The van der Waals surface area contributed by atoms with Crippen molar-refractivity contribution in [2.24, 2.45) is 5.41 Å². The van der Waals surface area contributed by atoms with Gasteiger partial charge in [0.1, 0.15) is 0 Å². The fourth-order valence-corrected chi connectivity index (χ4v) is 4.77. The molecule has 19 heavy (non-hydrogen) atoms. The molecule has 2 saturated carbocycles. The average molecular weight is 344 g/mol. The highest BCUT2D eigenvalue weighted by molar-refractivity contribution is 9.09. The lowest BCUT2D eigenvalue weighted by Gasteiger charge is -2.55. The van der Waals surface area contributed by atoms with Gasteiger partial charge in [0, 0.05) is 15.3 Å². The smallest absolute Gasteiger partial charge is 0.0720 e. The fraction of sp³-hybridized carbons (Fsp3) is 0.625. The van der Waals surface area contributed by atoms with E-state index in [1.807, 2.05) is 12.1 Å². The van der Waals surface area contributed by atoms with Gasteiger partial charge < -0.3 is 4.74 Å². The van der Waals surface area contributed by atoms with Crippen molar-refractivity contribution in [1.82, 2.24) is 0 Å². The van der Waals surface area contributed by atoms with Crippen molar-refractivity contribution in [3.8, 4) is 0 Å². The van der Waals surface area contributed by atoms with Crippen LogP contribution < -0.4 is 0 Å². The number of ether oxygens (including phenoxy) is 1. The second kappa shape index (κ2) is 5.75. The Kier molecular flexibility index (Phi) is 4.21. The Morgan fingerprint density at radius 3 is 2.47 bits per heavy atom. The van der Waals surface area contributed by atoms with Crippen molar-refractivity contribution < 1.29 is 4.74 Å². The second-order valence-electron chi connectivity index (χ2n) is 5.92. The molecule has 2 aliphatic carbocycles. The molecule has 0 aliphatic heterocycles. The minimum atomic E-state index is 0.421. The van der Waals surface area contributed by atoms with Crippen molar-refractivity contribution in [2.75, 3.05) is 0 Å². The monoisotopic (exact) mass is 342 g/mol. The molecule has 0 saturated heterocycles. The number of halogens is 2. The van der Waals surface area contributed by atoms with Gasteiger partial charge >= 0.3 is 0 Å². The Morgan fingerprint density at radius 2 is 1.84 bits per heavy atom. The second-order valence-corrected chi connectivity index (χ2v) is 7.46. The number of alkyl halides is 1. The number of hydrogen-bond acceptors (Lipinski definition) is 1. The molecule has 1 aromatic rings. The van der Waals surface area contributed by atoms with Crippen LogP contribution in [0.3, 0.4) is 0 Å². The largest absolute Gasteiger partial charge is 0.373 e. The van der Waals surface area contributed by atoms with E-state index in [4.69, 9.17) is 16.3 Å². The lowest BCUT2D eigenvalue weighted by Crippen LogP contribution is -2.56. The quantitative estimate of drug-likeness (QED) is 0.673. The van der Waals surface area contributed by atoms with Crippen molar-refractivity contribution in [3.05, 3.63) is 34.9 Å². The van der Waals surface area contributed by atoms with Gasteiger partial charge in [-0.3, -0.25) is 0 Å². The van der Waals surface area contributed by atoms with Gasteiger partial charge in [0.15, 0.2) is 0 Å². The number of benzene rings is 1. The van der Waals surface area contributed by atoms with Crippen LogP contribution in [0.25, 0.3) is 0 Å². The summed E-state index contributed by atoms with van der Waals surface area (Å²) >= 11 is 9.76. The third-order valence-electron chi connectivity index (χ3n) is 4.83. The van der Waals surface area contributed by atoms with E-state index in [-0.39, 0.29) is 0 Å². The summed E-state index contributed by atoms with van der Waals surface area (Å²) in [5, 5.41) is 0.789. The lowest BCUT2D eigenvalue weighted by molar-refractivity contribution is -0.127. The molecule has 3 heteroatoms. The first-order valence-electron chi connectivity index (χ1n) is 7.21. The lowest BCUT2D eigenvalue weighted by atomic mass is 9.58. The molecule has 0 N–H and O–H groups in total. The molecule has 0 heterocycles. The minimum absolute atomic E-state index is 0.421. The van der Waals surface area contributed by atoms with E-state index in [0.29, 0.717) is 23.0 Å². The topological polar surface area (TPSA) is 9.23 Å². The Bertz CT molecular complexity index is 425. The molecule has 2 fully saturated rings. The first-order chi connectivity index (χ1) is 9.21. The Hall–Kier alpha value is -0.0500. The predicted molar refractivity (Wildman–Crippen MR) is 82.9 cm³/mol.